The molecule has 1 aliphatic heterocycles. The molecule has 0 aromatic heterocycles. The highest BCUT2D eigenvalue weighted by Crippen LogP contribution is 2.48. The van der Waals surface area contributed by atoms with Crippen LogP contribution in [0.3, 0.4) is 0 Å². The van der Waals surface area contributed by atoms with Gasteiger partial charge in [0.25, 0.3) is 0 Å². The van der Waals surface area contributed by atoms with Gasteiger partial charge in [-0.2, -0.15) is 30.7 Å². The van der Waals surface area contributed by atoms with Crippen LogP contribution in [-0.2, 0) is 11.8 Å². The molecule has 0 spiro atoms. The third kappa shape index (κ3) is 6.73. The van der Waals surface area contributed by atoms with E-state index in [9.17, 15) is 43.9 Å². The van der Waals surface area contributed by atoms with E-state index in [-0.39, 0.29) is 18.5 Å². The van der Waals surface area contributed by atoms with Crippen molar-refractivity contribution in [2.75, 3.05) is 18.0 Å². The van der Waals surface area contributed by atoms with Gasteiger partial charge >= 0.3 is 25.1 Å². The van der Waals surface area contributed by atoms with Gasteiger partial charge in [0, 0.05) is 24.2 Å². The molecule has 1 aliphatic rings. The van der Waals surface area contributed by atoms with Crippen molar-refractivity contribution in [3.63, 3.8) is 0 Å². The fourth-order valence-corrected chi connectivity index (χ4v) is 4.87. The summed E-state index contributed by atoms with van der Waals surface area (Å²) in [5.74, 6) is -1.16. The molecular formula is C27H21F10NO2. The summed E-state index contributed by atoms with van der Waals surface area (Å²) in [5, 5.41) is 0. The highest BCUT2D eigenvalue weighted by molar-refractivity contribution is 5.67. The van der Waals surface area contributed by atoms with Crippen LogP contribution in [0.1, 0.15) is 23.1 Å². The Morgan fingerprint density at radius 3 is 2.08 bits per heavy atom. The van der Waals surface area contributed by atoms with Gasteiger partial charge < -0.3 is 14.4 Å². The van der Waals surface area contributed by atoms with Crippen molar-refractivity contribution in [3.8, 4) is 11.5 Å². The number of anilines is 1. The Hall–Kier alpha value is -3.64. The van der Waals surface area contributed by atoms with Crippen LogP contribution in [0.25, 0.3) is 0 Å². The summed E-state index contributed by atoms with van der Waals surface area (Å²) in [6.07, 6.45) is -19.7. The molecule has 0 aliphatic carbocycles. The lowest BCUT2D eigenvalue weighted by molar-refractivity contribution is -0.274. The van der Waals surface area contributed by atoms with Crippen LogP contribution in [-0.4, -0.2) is 38.2 Å². The van der Waals surface area contributed by atoms with E-state index in [2.05, 4.69) is 9.47 Å². The number of nitrogens with zero attached hydrogens (tertiary/aromatic N) is 1. The molecule has 4 rings (SSSR count). The standard InChI is InChI=1S/C27H21F10NO2/c28-23(29)26(33,34)39-20-8-4-6-18(14-20)24(15-17-5-3-7-19(13-17)40-27(35,36)37)16-38(12-11-25(30,31)32)22-10-2-1-9-21(22)24/h1-10,13-14,23H,11-12,15-16H2. The Balaban J connectivity index is 1.82. The molecule has 1 unspecified atom stereocenters. The van der Waals surface area contributed by atoms with Crippen LogP contribution >= 0.6 is 0 Å². The highest BCUT2D eigenvalue weighted by Gasteiger charge is 2.47. The first-order chi connectivity index (χ1) is 18.6. The number of ether oxygens (including phenoxy) is 2. The van der Waals surface area contributed by atoms with Gasteiger partial charge in [0.2, 0.25) is 0 Å². The molecule has 0 N–H and O–H groups in total. The first-order valence-electron chi connectivity index (χ1n) is 11.8. The second kappa shape index (κ2) is 10.7. The van der Waals surface area contributed by atoms with Crippen LogP contribution in [0.15, 0.2) is 72.8 Å². The maximum atomic E-state index is 13.7. The third-order valence-electron chi connectivity index (χ3n) is 6.42. The molecular weight excluding hydrogens is 560 g/mol. The molecule has 0 bridgehead atoms. The number of hydrogen-bond acceptors (Lipinski definition) is 3. The second-order valence-electron chi connectivity index (χ2n) is 9.25. The minimum Gasteiger partial charge on any atom is -0.428 e. The fourth-order valence-electron chi connectivity index (χ4n) is 4.87. The van der Waals surface area contributed by atoms with Gasteiger partial charge in [-0.25, -0.2) is 0 Å². The van der Waals surface area contributed by atoms with Crippen LogP contribution in [0.4, 0.5) is 49.6 Å². The van der Waals surface area contributed by atoms with Crippen molar-refractivity contribution in [1.29, 1.82) is 0 Å². The summed E-state index contributed by atoms with van der Waals surface area (Å²) in [5.41, 5.74) is 0.0896. The van der Waals surface area contributed by atoms with Gasteiger partial charge in [-0.3, -0.25) is 0 Å². The second-order valence-corrected chi connectivity index (χ2v) is 9.25. The first-order valence-corrected chi connectivity index (χ1v) is 11.8. The number of rotatable bonds is 9. The molecule has 1 atom stereocenters. The molecule has 40 heavy (non-hydrogen) atoms. The van der Waals surface area contributed by atoms with E-state index in [0.29, 0.717) is 16.8 Å². The zero-order chi connectivity index (χ0) is 29.3. The predicted octanol–water partition coefficient (Wildman–Crippen LogP) is 8.12. The summed E-state index contributed by atoms with van der Waals surface area (Å²) in [7, 11) is 0. The molecule has 216 valence electrons. The van der Waals surface area contributed by atoms with Gasteiger partial charge in [0.1, 0.15) is 11.5 Å². The monoisotopic (exact) mass is 581 g/mol. The lowest BCUT2D eigenvalue weighted by Crippen LogP contribution is -2.38. The zero-order valence-electron chi connectivity index (χ0n) is 20.4. The molecule has 3 nitrogen and oxygen atoms in total. The maximum absolute atomic E-state index is 13.7. The average Bonchev–Trinajstić information content (AvgIpc) is 3.16. The molecule has 0 saturated heterocycles. The first kappa shape index (κ1) is 29.3. The van der Waals surface area contributed by atoms with E-state index >= 15 is 0 Å². The Kier molecular flexibility index (Phi) is 7.88. The van der Waals surface area contributed by atoms with Crippen molar-refractivity contribution in [2.24, 2.45) is 0 Å². The minimum absolute atomic E-state index is 0.101. The number of hydrogen-bond donors (Lipinski definition) is 0. The maximum Gasteiger partial charge on any atom is 0.573 e. The largest absolute Gasteiger partial charge is 0.573 e. The van der Waals surface area contributed by atoms with Gasteiger partial charge in [-0.1, -0.05) is 42.5 Å². The summed E-state index contributed by atoms with van der Waals surface area (Å²) in [6, 6.07) is 16.2. The summed E-state index contributed by atoms with van der Waals surface area (Å²) >= 11 is 0. The number of alkyl halides is 10. The normalized spacial score (nSPS) is 17.7. The van der Waals surface area contributed by atoms with Gasteiger partial charge in [0.05, 0.1) is 6.42 Å². The molecule has 0 saturated carbocycles. The molecule has 3 aromatic carbocycles. The van der Waals surface area contributed by atoms with Crippen LogP contribution in [0.5, 0.6) is 11.5 Å². The molecule has 0 radical (unpaired) electrons. The molecule has 0 fully saturated rings. The average molecular weight is 581 g/mol. The number of fused-ring (bicyclic) bond motifs is 1. The van der Waals surface area contributed by atoms with E-state index in [0.717, 1.165) is 24.3 Å². The highest BCUT2D eigenvalue weighted by atomic mass is 19.4. The SMILES string of the molecule is FC(F)C(F)(F)Oc1cccc(C2(Cc3cccc(OC(F)(F)F)c3)CN(CCC(F)(F)F)c3ccccc32)c1. The smallest absolute Gasteiger partial charge is 0.428 e. The number of para-hydroxylation sites is 1. The van der Waals surface area contributed by atoms with Crippen molar-refractivity contribution < 1.29 is 53.4 Å². The van der Waals surface area contributed by atoms with E-state index in [1.54, 1.807) is 24.3 Å². The van der Waals surface area contributed by atoms with Crippen molar-refractivity contribution in [2.45, 2.75) is 43.3 Å². The van der Waals surface area contributed by atoms with Gasteiger partial charge in [-0.05, 0) is 53.4 Å². The zero-order valence-corrected chi connectivity index (χ0v) is 20.4. The lowest BCUT2D eigenvalue weighted by atomic mass is 9.71. The van der Waals surface area contributed by atoms with Crippen molar-refractivity contribution in [3.05, 3.63) is 89.5 Å². The minimum atomic E-state index is -4.98. The lowest BCUT2D eigenvalue weighted by Gasteiger charge is -2.33. The van der Waals surface area contributed by atoms with Crippen molar-refractivity contribution in [1.82, 2.24) is 0 Å². The van der Waals surface area contributed by atoms with E-state index in [1.807, 2.05) is 0 Å². The quantitative estimate of drug-likeness (QED) is 0.238. The summed E-state index contributed by atoms with van der Waals surface area (Å²) < 4.78 is 139. The Labute approximate surface area is 221 Å². The number of halogens is 10. The molecule has 3 aromatic rings. The Bertz CT molecular complexity index is 1320. The molecule has 0 amide bonds. The van der Waals surface area contributed by atoms with E-state index in [4.69, 9.17) is 0 Å². The van der Waals surface area contributed by atoms with Gasteiger partial charge in [-0.15, -0.1) is 13.2 Å². The third-order valence-corrected chi connectivity index (χ3v) is 6.42. The van der Waals surface area contributed by atoms with Crippen LogP contribution < -0.4 is 14.4 Å². The molecule has 1 heterocycles. The van der Waals surface area contributed by atoms with Crippen LogP contribution in [0, 0.1) is 0 Å². The Morgan fingerprint density at radius 2 is 1.43 bits per heavy atom. The summed E-state index contributed by atoms with van der Waals surface area (Å²) in [6.45, 7) is -0.583. The fraction of sp³-hybridized carbons (Fsp3) is 0.333. The van der Waals surface area contributed by atoms with Crippen molar-refractivity contribution >= 4 is 5.69 Å². The Morgan fingerprint density at radius 1 is 0.775 bits per heavy atom. The van der Waals surface area contributed by atoms with Gasteiger partial charge in [0.15, 0.2) is 0 Å². The molecule has 13 heteroatoms. The van der Waals surface area contributed by atoms with Crippen LogP contribution in [0.2, 0.25) is 0 Å². The van der Waals surface area contributed by atoms with E-state index < -0.39 is 55.0 Å². The summed E-state index contributed by atoms with van der Waals surface area (Å²) in [4.78, 5) is 1.44. The van der Waals surface area contributed by atoms with E-state index in [1.165, 1.54) is 29.2 Å². The topological polar surface area (TPSA) is 21.7 Å². The number of benzene rings is 3. The predicted molar refractivity (Wildman–Crippen MR) is 125 cm³/mol.